The Balaban J connectivity index is 2.03. The summed E-state index contributed by atoms with van der Waals surface area (Å²) in [5, 5.41) is 0. The second kappa shape index (κ2) is 4.10. The van der Waals surface area contributed by atoms with Crippen molar-refractivity contribution < 1.29 is 17.6 Å². The minimum absolute atomic E-state index is 0.179. The van der Waals surface area contributed by atoms with E-state index in [1.54, 1.807) is 12.1 Å². The number of furan rings is 1. The van der Waals surface area contributed by atoms with E-state index in [-0.39, 0.29) is 11.5 Å². The average Bonchev–Trinajstić information content (AvgIpc) is 2.99. The van der Waals surface area contributed by atoms with Gasteiger partial charge in [-0.25, -0.2) is 13.8 Å². The van der Waals surface area contributed by atoms with E-state index >= 15 is 0 Å². The van der Waals surface area contributed by atoms with Gasteiger partial charge in [-0.3, -0.25) is 0 Å². The fourth-order valence-corrected chi connectivity index (χ4v) is 1.61. The zero-order chi connectivity index (χ0) is 12.5. The van der Waals surface area contributed by atoms with Crippen molar-refractivity contribution >= 4 is 0 Å². The van der Waals surface area contributed by atoms with Crippen molar-refractivity contribution in [2.24, 2.45) is 0 Å². The quantitative estimate of drug-likeness (QED) is 0.689. The molecule has 2 heterocycles. The van der Waals surface area contributed by atoms with Crippen LogP contribution in [-0.2, 0) is 0 Å². The van der Waals surface area contributed by atoms with Gasteiger partial charge in [0, 0.05) is 11.6 Å². The van der Waals surface area contributed by atoms with E-state index in [1.807, 2.05) is 0 Å². The van der Waals surface area contributed by atoms with E-state index in [1.165, 1.54) is 24.7 Å². The SMILES string of the molecule is Fc1ccc(-c2coc(-c3ccco3)n2)c(F)c1. The highest BCUT2D eigenvalue weighted by atomic mass is 19.1. The third-order valence-corrected chi connectivity index (χ3v) is 2.44. The van der Waals surface area contributed by atoms with Gasteiger partial charge >= 0.3 is 0 Å². The van der Waals surface area contributed by atoms with E-state index in [9.17, 15) is 8.78 Å². The molecule has 90 valence electrons. The zero-order valence-corrected chi connectivity index (χ0v) is 9.06. The molecule has 1 aromatic carbocycles. The Morgan fingerprint density at radius 1 is 1.06 bits per heavy atom. The summed E-state index contributed by atoms with van der Waals surface area (Å²) in [4.78, 5) is 4.09. The molecule has 0 N–H and O–H groups in total. The summed E-state index contributed by atoms with van der Waals surface area (Å²) >= 11 is 0. The maximum atomic E-state index is 13.5. The molecule has 3 rings (SSSR count). The number of benzene rings is 1. The Kier molecular flexibility index (Phi) is 2.44. The Bertz CT molecular complexity index is 674. The van der Waals surface area contributed by atoms with Gasteiger partial charge < -0.3 is 8.83 Å². The first-order chi connectivity index (χ1) is 8.74. The first-order valence-corrected chi connectivity index (χ1v) is 5.19. The van der Waals surface area contributed by atoms with Crippen LogP contribution >= 0.6 is 0 Å². The predicted octanol–water partition coefficient (Wildman–Crippen LogP) is 3.88. The first kappa shape index (κ1) is 10.7. The molecule has 0 fully saturated rings. The number of hydrogen-bond acceptors (Lipinski definition) is 3. The maximum absolute atomic E-state index is 13.5. The Morgan fingerprint density at radius 3 is 2.67 bits per heavy atom. The van der Waals surface area contributed by atoms with Crippen molar-refractivity contribution in [2.75, 3.05) is 0 Å². The highest BCUT2D eigenvalue weighted by Gasteiger charge is 2.13. The molecular weight excluding hydrogens is 240 g/mol. The average molecular weight is 247 g/mol. The summed E-state index contributed by atoms with van der Waals surface area (Å²) in [7, 11) is 0. The van der Waals surface area contributed by atoms with Crippen LogP contribution in [0.4, 0.5) is 8.78 Å². The van der Waals surface area contributed by atoms with Crippen LogP contribution in [0.15, 0.2) is 51.7 Å². The highest BCUT2D eigenvalue weighted by molar-refractivity contribution is 5.61. The van der Waals surface area contributed by atoms with Gasteiger partial charge in [0.15, 0.2) is 5.76 Å². The van der Waals surface area contributed by atoms with Crippen LogP contribution in [0.1, 0.15) is 0 Å². The lowest BCUT2D eigenvalue weighted by molar-refractivity contribution is 0.517. The molecule has 0 spiro atoms. The van der Waals surface area contributed by atoms with E-state index in [2.05, 4.69) is 4.98 Å². The molecule has 0 aliphatic heterocycles. The van der Waals surface area contributed by atoms with Crippen LogP contribution in [0.3, 0.4) is 0 Å². The Hall–Kier alpha value is -2.43. The molecule has 2 aromatic heterocycles. The van der Waals surface area contributed by atoms with Gasteiger partial charge in [0.2, 0.25) is 0 Å². The predicted molar refractivity (Wildman–Crippen MR) is 59.6 cm³/mol. The van der Waals surface area contributed by atoms with Crippen LogP contribution in [0.2, 0.25) is 0 Å². The summed E-state index contributed by atoms with van der Waals surface area (Å²) in [5.74, 6) is -0.622. The molecule has 0 saturated heterocycles. The summed E-state index contributed by atoms with van der Waals surface area (Å²) in [6.45, 7) is 0. The van der Waals surface area contributed by atoms with E-state index in [0.717, 1.165) is 6.07 Å². The van der Waals surface area contributed by atoms with E-state index in [4.69, 9.17) is 8.83 Å². The molecular formula is C13H7F2NO2. The minimum atomic E-state index is -0.686. The summed E-state index contributed by atoms with van der Waals surface area (Å²) in [6, 6.07) is 6.65. The maximum Gasteiger partial charge on any atom is 0.263 e. The molecule has 18 heavy (non-hydrogen) atoms. The van der Waals surface area contributed by atoms with Gasteiger partial charge in [0.25, 0.3) is 5.89 Å². The normalized spacial score (nSPS) is 10.8. The molecule has 3 nitrogen and oxygen atoms in total. The molecule has 0 bridgehead atoms. The van der Waals surface area contributed by atoms with Crippen LogP contribution in [0.25, 0.3) is 22.9 Å². The third-order valence-electron chi connectivity index (χ3n) is 2.44. The lowest BCUT2D eigenvalue weighted by atomic mass is 10.1. The molecule has 0 aliphatic rings. The van der Waals surface area contributed by atoms with Gasteiger partial charge in [0.1, 0.15) is 23.6 Å². The number of halogens is 2. The van der Waals surface area contributed by atoms with Gasteiger partial charge in [-0.2, -0.15) is 0 Å². The molecule has 5 heteroatoms. The monoisotopic (exact) mass is 247 g/mol. The molecule has 0 radical (unpaired) electrons. The molecule has 0 atom stereocenters. The van der Waals surface area contributed by atoms with Crippen LogP contribution in [-0.4, -0.2) is 4.98 Å². The zero-order valence-electron chi connectivity index (χ0n) is 9.06. The Labute approximate surface area is 101 Å². The van der Waals surface area contributed by atoms with Gasteiger partial charge in [-0.15, -0.1) is 0 Å². The van der Waals surface area contributed by atoms with E-state index < -0.39 is 11.6 Å². The van der Waals surface area contributed by atoms with Crippen molar-refractivity contribution in [3.63, 3.8) is 0 Å². The minimum Gasteiger partial charge on any atom is -0.459 e. The summed E-state index contributed by atoms with van der Waals surface area (Å²) in [5.41, 5.74) is 0.469. The van der Waals surface area contributed by atoms with Crippen molar-refractivity contribution in [1.82, 2.24) is 4.98 Å². The van der Waals surface area contributed by atoms with Crippen LogP contribution in [0.5, 0.6) is 0 Å². The largest absolute Gasteiger partial charge is 0.459 e. The number of aromatic nitrogens is 1. The lowest BCUT2D eigenvalue weighted by Gasteiger charge is -1.97. The fourth-order valence-electron chi connectivity index (χ4n) is 1.61. The standard InChI is InChI=1S/C13H7F2NO2/c14-8-3-4-9(10(15)6-8)11-7-18-13(16-11)12-2-1-5-17-12/h1-7H. The molecule has 0 amide bonds. The highest BCUT2D eigenvalue weighted by Crippen LogP contribution is 2.26. The number of oxazole rings is 1. The summed E-state index contributed by atoms with van der Waals surface area (Å²) < 4.78 is 36.6. The molecule has 0 unspecified atom stereocenters. The molecule has 3 aromatic rings. The smallest absolute Gasteiger partial charge is 0.263 e. The first-order valence-electron chi connectivity index (χ1n) is 5.19. The third kappa shape index (κ3) is 1.79. The number of rotatable bonds is 2. The van der Waals surface area contributed by atoms with Crippen LogP contribution < -0.4 is 0 Å². The second-order valence-electron chi connectivity index (χ2n) is 3.64. The fraction of sp³-hybridized carbons (Fsp3) is 0. The Morgan fingerprint density at radius 2 is 1.94 bits per heavy atom. The van der Waals surface area contributed by atoms with Crippen molar-refractivity contribution in [3.05, 3.63) is 54.5 Å². The number of nitrogens with zero attached hydrogens (tertiary/aromatic N) is 1. The molecule has 0 saturated carbocycles. The topological polar surface area (TPSA) is 39.2 Å². The number of hydrogen-bond donors (Lipinski definition) is 0. The van der Waals surface area contributed by atoms with Gasteiger partial charge in [0.05, 0.1) is 6.26 Å². The van der Waals surface area contributed by atoms with E-state index in [0.29, 0.717) is 11.5 Å². The van der Waals surface area contributed by atoms with Crippen molar-refractivity contribution in [2.45, 2.75) is 0 Å². The van der Waals surface area contributed by atoms with Gasteiger partial charge in [-0.1, -0.05) is 0 Å². The van der Waals surface area contributed by atoms with Crippen molar-refractivity contribution in [1.29, 1.82) is 0 Å². The van der Waals surface area contributed by atoms with Crippen molar-refractivity contribution in [3.8, 4) is 22.9 Å². The summed E-state index contributed by atoms with van der Waals surface area (Å²) in [6.07, 6.45) is 2.78. The molecule has 0 aliphatic carbocycles. The van der Waals surface area contributed by atoms with Gasteiger partial charge in [-0.05, 0) is 24.3 Å². The van der Waals surface area contributed by atoms with Crippen LogP contribution in [0, 0.1) is 11.6 Å². The second-order valence-corrected chi connectivity index (χ2v) is 3.64. The lowest BCUT2D eigenvalue weighted by Crippen LogP contribution is -1.86.